The molecular formula is C12H24N4. The van der Waals surface area contributed by atoms with Crippen LogP contribution in [0, 0.1) is 0 Å². The number of likely N-dealkylation sites (N-methyl/N-ethyl adjacent to an activating group) is 1. The normalized spacial score (nSPS) is 15.3. The van der Waals surface area contributed by atoms with Gasteiger partial charge in [-0.25, -0.2) is 4.98 Å². The average Bonchev–Trinajstić information content (AvgIpc) is 2.80. The van der Waals surface area contributed by atoms with Crippen LogP contribution >= 0.6 is 0 Å². The minimum absolute atomic E-state index is 0.134. The van der Waals surface area contributed by atoms with E-state index in [0.29, 0.717) is 6.54 Å². The van der Waals surface area contributed by atoms with Crippen molar-refractivity contribution in [2.24, 2.45) is 5.73 Å². The molecule has 0 aliphatic heterocycles. The van der Waals surface area contributed by atoms with Crippen LogP contribution in [0.15, 0.2) is 18.7 Å². The van der Waals surface area contributed by atoms with Gasteiger partial charge in [-0.1, -0.05) is 6.92 Å². The highest BCUT2D eigenvalue weighted by molar-refractivity contribution is 4.84. The second-order valence-electron chi connectivity index (χ2n) is 4.63. The van der Waals surface area contributed by atoms with Gasteiger partial charge in [0.25, 0.3) is 0 Å². The first kappa shape index (κ1) is 13.2. The van der Waals surface area contributed by atoms with Crippen molar-refractivity contribution in [2.75, 3.05) is 20.1 Å². The Morgan fingerprint density at radius 2 is 2.25 bits per heavy atom. The first-order chi connectivity index (χ1) is 7.62. The van der Waals surface area contributed by atoms with Crippen molar-refractivity contribution in [1.82, 2.24) is 14.5 Å². The fourth-order valence-corrected chi connectivity index (χ4v) is 1.75. The second kappa shape index (κ2) is 6.01. The molecule has 4 heteroatoms. The third kappa shape index (κ3) is 3.32. The first-order valence-corrected chi connectivity index (χ1v) is 5.99. The Bertz CT molecular complexity index is 277. The maximum Gasteiger partial charge on any atom is 0.0945 e. The van der Waals surface area contributed by atoms with Crippen LogP contribution in [0.4, 0.5) is 0 Å². The zero-order valence-corrected chi connectivity index (χ0v) is 10.7. The average molecular weight is 224 g/mol. The summed E-state index contributed by atoms with van der Waals surface area (Å²) in [5.74, 6) is 0. The van der Waals surface area contributed by atoms with E-state index in [0.717, 1.165) is 25.9 Å². The van der Waals surface area contributed by atoms with Crippen molar-refractivity contribution in [1.29, 1.82) is 0 Å². The quantitative estimate of drug-likeness (QED) is 0.760. The molecule has 1 heterocycles. The molecule has 0 amide bonds. The summed E-state index contributed by atoms with van der Waals surface area (Å²) >= 11 is 0. The summed E-state index contributed by atoms with van der Waals surface area (Å²) in [6.45, 7) is 7.23. The lowest BCUT2D eigenvalue weighted by atomic mass is 9.97. The zero-order valence-electron chi connectivity index (χ0n) is 10.7. The van der Waals surface area contributed by atoms with Crippen LogP contribution < -0.4 is 5.73 Å². The Hall–Kier alpha value is -0.870. The van der Waals surface area contributed by atoms with Crippen molar-refractivity contribution < 1.29 is 0 Å². The van der Waals surface area contributed by atoms with Gasteiger partial charge in [0.15, 0.2) is 0 Å². The highest BCUT2D eigenvalue weighted by Crippen LogP contribution is 2.16. The Kier molecular flexibility index (Phi) is 4.96. The highest BCUT2D eigenvalue weighted by atomic mass is 15.2. The third-order valence-electron chi connectivity index (χ3n) is 3.59. The lowest BCUT2D eigenvalue weighted by Gasteiger charge is -2.37. The molecule has 0 bridgehead atoms. The summed E-state index contributed by atoms with van der Waals surface area (Å²) in [7, 11) is 2.16. The van der Waals surface area contributed by atoms with E-state index in [1.54, 1.807) is 0 Å². The van der Waals surface area contributed by atoms with Crippen molar-refractivity contribution in [3.63, 3.8) is 0 Å². The Labute approximate surface area is 98.5 Å². The summed E-state index contributed by atoms with van der Waals surface area (Å²) in [5, 5.41) is 0. The van der Waals surface area contributed by atoms with Gasteiger partial charge >= 0.3 is 0 Å². The number of rotatable bonds is 7. The number of nitrogens with two attached hydrogens (primary N) is 1. The standard InChI is InChI=1S/C12H24N4/c1-4-12(2,10-13)15(3)7-5-8-16-9-6-14-11-16/h6,9,11H,4-5,7-8,10,13H2,1-3H3. The maximum atomic E-state index is 5.83. The van der Waals surface area contributed by atoms with Gasteiger partial charge in [0.05, 0.1) is 6.33 Å². The molecule has 92 valence electrons. The molecule has 1 aromatic heterocycles. The van der Waals surface area contributed by atoms with Gasteiger partial charge < -0.3 is 10.3 Å². The van der Waals surface area contributed by atoms with Crippen LogP contribution in [0.2, 0.25) is 0 Å². The Morgan fingerprint density at radius 1 is 1.50 bits per heavy atom. The van der Waals surface area contributed by atoms with Crippen LogP contribution in [-0.2, 0) is 6.54 Å². The third-order valence-corrected chi connectivity index (χ3v) is 3.59. The highest BCUT2D eigenvalue weighted by Gasteiger charge is 2.24. The SMILES string of the molecule is CCC(C)(CN)N(C)CCCn1ccnc1. The number of aryl methyl sites for hydroxylation is 1. The van der Waals surface area contributed by atoms with Crippen LogP contribution in [-0.4, -0.2) is 40.1 Å². The van der Waals surface area contributed by atoms with E-state index in [2.05, 4.69) is 35.3 Å². The van der Waals surface area contributed by atoms with E-state index in [1.807, 2.05) is 18.7 Å². The monoisotopic (exact) mass is 224 g/mol. The molecule has 1 rings (SSSR count). The molecule has 1 atom stereocenters. The number of aromatic nitrogens is 2. The van der Waals surface area contributed by atoms with Gasteiger partial charge in [-0.05, 0) is 26.8 Å². The fourth-order valence-electron chi connectivity index (χ4n) is 1.75. The number of imidazole rings is 1. The van der Waals surface area contributed by atoms with Crippen molar-refractivity contribution >= 4 is 0 Å². The van der Waals surface area contributed by atoms with Crippen LogP contribution in [0.25, 0.3) is 0 Å². The number of nitrogens with zero attached hydrogens (tertiary/aromatic N) is 3. The molecule has 0 aliphatic carbocycles. The van der Waals surface area contributed by atoms with Gasteiger partial charge in [-0.2, -0.15) is 0 Å². The Balaban J connectivity index is 2.32. The van der Waals surface area contributed by atoms with E-state index in [4.69, 9.17) is 5.73 Å². The van der Waals surface area contributed by atoms with Crippen LogP contribution in [0.1, 0.15) is 26.7 Å². The molecule has 0 radical (unpaired) electrons. The summed E-state index contributed by atoms with van der Waals surface area (Å²) in [6, 6.07) is 0. The van der Waals surface area contributed by atoms with E-state index < -0.39 is 0 Å². The molecule has 4 nitrogen and oxygen atoms in total. The van der Waals surface area contributed by atoms with Gasteiger partial charge in [-0.3, -0.25) is 4.90 Å². The predicted octanol–water partition coefficient (Wildman–Crippen LogP) is 1.33. The minimum atomic E-state index is 0.134. The largest absolute Gasteiger partial charge is 0.337 e. The summed E-state index contributed by atoms with van der Waals surface area (Å²) < 4.78 is 2.11. The molecule has 16 heavy (non-hydrogen) atoms. The van der Waals surface area contributed by atoms with E-state index in [1.165, 1.54) is 0 Å². The predicted molar refractivity (Wildman–Crippen MR) is 67.2 cm³/mol. The topological polar surface area (TPSA) is 47.1 Å². The first-order valence-electron chi connectivity index (χ1n) is 5.99. The van der Waals surface area contributed by atoms with Crippen molar-refractivity contribution in [3.8, 4) is 0 Å². The summed E-state index contributed by atoms with van der Waals surface area (Å²) in [6.07, 6.45) is 7.90. The van der Waals surface area contributed by atoms with Gasteiger partial charge in [0.2, 0.25) is 0 Å². The smallest absolute Gasteiger partial charge is 0.0945 e. The van der Waals surface area contributed by atoms with Crippen LogP contribution in [0.3, 0.4) is 0 Å². The van der Waals surface area contributed by atoms with E-state index >= 15 is 0 Å². The van der Waals surface area contributed by atoms with Gasteiger partial charge in [-0.15, -0.1) is 0 Å². The molecule has 0 saturated heterocycles. The molecule has 0 saturated carbocycles. The maximum absolute atomic E-state index is 5.83. The van der Waals surface area contributed by atoms with E-state index in [-0.39, 0.29) is 5.54 Å². The molecule has 1 unspecified atom stereocenters. The molecule has 2 N–H and O–H groups in total. The zero-order chi connectivity index (χ0) is 12.0. The molecule has 0 fully saturated rings. The Morgan fingerprint density at radius 3 is 2.75 bits per heavy atom. The van der Waals surface area contributed by atoms with Gasteiger partial charge in [0, 0.05) is 37.6 Å². The van der Waals surface area contributed by atoms with Crippen molar-refractivity contribution in [2.45, 2.75) is 38.8 Å². The molecule has 0 aliphatic rings. The molecule has 0 spiro atoms. The lowest BCUT2D eigenvalue weighted by Crippen LogP contribution is -2.49. The summed E-state index contributed by atoms with van der Waals surface area (Å²) in [5.41, 5.74) is 5.96. The minimum Gasteiger partial charge on any atom is -0.337 e. The number of hydrogen-bond donors (Lipinski definition) is 1. The van der Waals surface area contributed by atoms with Crippen molar-refractivity contribution in [3.05, 3.63) is 18.7 Å². The summed E-state index contributed by atoms with van der Waals surface area (Å²) in [4.78, 5) is 6.40. The van der Waals surface area contributed by atoms with Gasteiger partial charge in [0.1, 0.15) is 0 Å². The van der Waals surface area contributed by atoms with Crippen LogP contribution in [0.5, 0.6) is 0 Å². The molecule has 1 aromatic rings. The second-order valence-corrected chi connectivity index (χ2v) is 4.63. The number of hydrogen-bond acceptors (Lipinski definition) is 3. The molecule has 0 aromatic carbocycles. The van der Waals surface area contributed by atoms with E-state index in [9.17, 15) is 0 Å². The fraction of sp³-hybridized carbons (Fsp3) is 0.750. The lowest BCUT2D eigenvalue weighted by molar-refractivity contribution is 0.136. The molecular weight excluding hydrogens is 200 g/mol.